The van der Waals surface area contributed by atoms with E-state index in [1.165, 1.54) is 12.0 Å². The molecule has 3 fully saturated rings. The number of methoxy groups -OCH3 is 2. The van der Waals surface area contributed by atoms with E-state index in [0.717, 1.165) is 18.4 Å². The number of hydrogen-bond acceptors (Lipinski definition) is 12. The van der Waals surface area contributed by atoms with Crippen molar-refractivity contribution in [3.8, 4) is 0 Å². The maximum absolute atomic E-state index is 14.3. The Hall–Kier alpha value is -3.30. The molecule has 4 aliphatic rings. The van der Waals surface area contributed by atoms with Gasteiger partial charge in [-0.15, -0.1) is 0 Å². The molecule has 1 saturated carbocycles. The number of esters is 1. The molecule has 3 heterocycles. The number of aliphatic hydroxyl groups is 4. The minimum Gasteiger partial charge on any atom is -0.460 e. The molecular formula is C51H79NO12. The Morgan fingerprint density at radius 1 is 0.891 bits per heavy atom. The predicted octanol–water partition coefficient (Wildman–Crippen LogP) is 6.51. The summed E-state index contributed by atoms with van der Waals surface area (Å²) in [6.07, 6.45) is 11.3. The highest BCUT2D eigenvalue weighted by molar-refractivity contribution is 6.39. The molecule has 2 saturated heterocycles. The van der Waals surface area contributed by atoms with Gasteiger partial charge in [0.1, 0.15) is 30.1 Å². The minimum absolute atomic E-state index is 0.0136. The maximum atomic E-state index is 14.3. The van der Waals surface area contributed by atoms with Gasteiger partial charge >= 0.3 is 5.97 Å². The molecule has 1 aliphatic carbocycles. The van der Waals surface area contributed by atoms with E-state index in [4.69, 9.17) is 18.9 Å². The van der Waals surface area contributed by atoms with Crippen LogP contribution in [-0.4, -0.2) is 124 Å². The molecule has 4 N–H and O–H groups in total. The summed E-state index contributed by atoms with van der Waals surface area (Å²) < 4.78 is 23.7. The van der Waals surface area contributed by atoms with Crippen molar-refractivity contribution in [2.45, 2.75) is 180 Å². The molecule has 13 heteroatoms. The highest BCUT2D eigenvalue weighted by Crippen LogP contribution is 2.37. The molecule has 1 amide bonds. The lowest BCUT2D eigenvalue weighted by atomic mass is 9.78. The summed E-state index contributed by atoms with van der Waals surface area (Å²) in [5.74, 6) is -7.08. The Labute approximate surface area is 382 Å². The van der Waals surface area contributed by atoms with E-state index in [2.05, 4.69) is 19.6 Å². The molecule has 0 spiro atoms. The molecule has 1 unspecified atom stereocenters. The lowest BCUT2D eigenvalue weighted by Crippen LogP contribution is -2.61. The topological polar surface area (TPSA) is 189 Å². The number of amides is 1. The van der Waals surface area contributed by atoms with Crippen LogP contribution < -0.4 is 0 Å². The standard InChI is InChI=1S/C51H79NO12/c1-30-16-12-11-13-17-31(2)42(54)28-39-21-19-36(7)51(60,64-39)48(57)49(58)52-23-15-14-18-40(52)50(59)63-44(34(5)26-38-20-22-41(53)45(27-38)61-9)29-43(55)33(4)25-35(6)46(56)47(62-10)37(8)32(3)24-30/h11-13,16-17,25,30,32-34,36,38-42,44-47,53-54,56,60H,8,14-15,18-24,26-29H2,1-7,9-10H3/b13-11+,16-12+,31-17+,35-25+/t30-,32-,33-,34-,36-,38+,39+,40+,41-,42?,44+,45-,46-,47+,51-/m1/s1. The van der Waals surface area contributed by atoms with Gasteiger partial charge in [-0.25, -0.2) is 4.79 Å². The molecule has 360 valence electrons. The van der Waals surface area contributed by atoms with Crippen LogP contribution >= 0.6 is 0 Å². The lowest BCUT2D eigenvalue weighted by Gasteiger charge is -2.42. The van der Waals surface area contributed by atoms with E-state index in [1.54, 1.807) is 47.0 Å². The van der Waals surface area contributed by atoms with Crippen LogP contribution in [0.4, 0.5) is 0 Å². The van der Waals surface area contributed by atoms with Crippen LogP contribution in [0.1, 0.15) is 126 Å². The summed E-state index contributed by atoms with van der Waals surface area (Å²) in [6.45, 7) is 17.4. The molecule has 0 aromatic rings. The second kappa shape index (κ2) is 24.5. The van der Waals surface area contributed by atoms with Gasteiger partial charge in [0.05, 0.1) is 24.4 Å². The smallest absolute Gasteiger partial charge is 0.329 e. The van der Waals surface area contributed by atoms with Gasteiger partial charge in [0.25, 0.3) is 11.7 Å². The predicted molar refractivity (Wildman–Crippen MR) is 244 cm³/mol. The first-order valence-corrected chi connectivity index (χ1v) is 23.7. The number of ketones is 2. The van der Waals surface area contributed by atoms with Gasteiger partial charge in [-0.05, 0) is 118 Å². The fourth-order valence-corrected chi connectivity index (χ4v) is 9.97. The number of rotatable bonds is 5. The minimum atomic E-state index is -2.47. The van der Waals surface area contributed by atoms with Gasteiger partial charge in [0.15, 0.2) is 0 Å². The van der Waals surface area contributed by atoms with E-state index in [1.807, 2.05) is 32.1 Å². The first-order chi connectivity index (χ1) is 30.2. The molecule has 0 aromatic carbocycles. The average molecular weight is 898 g/mol. The van der Waals surface area contributed by atoms with Crippen LogP contribution in [0.15, 0.2) is 59.8 Å². The number of piperidine rings is 1. The van der Waals surface area contributed by atoms with Crippen molar-refractivity contribution in [1.82, 2.24) is 4.90 Å². The van der Waals surface area contributed by atoms with E-state index < -0.39 is 77.9 Å². The van der Waals surface area contributed by atoms with Crippen LogP contribution in [0.5, 0.6) is 0 Å². The largest absolute Gasteiger partial charge is 0.460 e. The monoisotopic (exact) mass is 898 g/mol. The third kappa shape index (κ3) is 13.9. The first-order valence-electron chi connectivity index (χ1n) is 23.7. The SMILES string of the molecule is C=C1[C@H](C)C[C@H](C)/C=C/C=C/C=C(\C)C(O)C[C@@H]2CC[C@@H](C)[C@@](O)(O2)C(=O)C(=O)N2CCCC[C@H]2C(=O)O[C@H]([C@H](C)C[C@@H]2CC[C@@H](O)[C@H](OC)C2)CC(=O)[C@H](C)/C=C(\C)[C@@H](O)[C@H]1OC. The van der Waals surface area contributed by atoms with Crippen LogP contribution in [0.3, 0.4) is 0 Å². The molecule has 4 rings (SSSR count). The number of nitrogens with zero attached hydrogens (tertiary/aromatic N) is 1. The zero-order chi connectivity index (χ0) is 47.5. The zero-order valence-corrected chi connectivity index (χ0v) is 39.9. The van der Waals surface area contributed by atoms with Crippen molar-refractivity contribution in [3.63, 3.8) is 0 Å². The number of carbonyl (C=O) groups excluding carboxylic acids is 4. The molecule has 2 bridgehead atoms. The number of Topliss-reactive ketones (excluding diaryl/α,β-unsaturated/α-hetero) is 2. The van der Waals surface area contributed by atoms with E-state index in [9.17, 15) is 39.6 Å². The molecule has 15 atom stereocenters. The molecule has 3 aliphatic heterocycles. The van der Waals surface area contributed by atoms with Gasteiger partial charge in [-0.2, -0.15) is 0 Å². The third-order valence-electron chi connectivity index (χ3n) is 14.5. The van der Waals surface area contributed by atoms with Crippen molar-refractivity contribution in [3.05, 3.63) is 59.8 Å². The van der Waals surface area contributed by atoms with Crippen LogP contribution in [0, 0.1) is 35.5 Å². The maximum Gasteiger partial charge on any atom is 0.329 e. The Morgan fingerprint density at radius 3 is 2.30 bits per heavy atom. The quantitative estimate of drug-likeness (QED) is 0.133. The highest BCUT2D eigenvalue weighted by Gasteiger charge is 2.53. The highest BCUT2D eigenvalue weighted by atomic mass is 16.6. The van der Waals surface area contributed by atoms with Crippen molar-refractivity contribution < 1.29 is 58.6 Å². The summed E-state index contributed by atoms with van der Waals surface area (Å²) in [5.41, 5.74) is 1.92. The van der Waals surface area contributed by atoms with Gasteiger partial charge in [-0.1, -0.05) is 77.7 Å². The molecule has 13 nitrogen and oxygen atoms in total. The normalized spacial score (nSPS) is 40.9. The second-order valence-electron chi connectivity index (χ2n) is 19.6. The van der Waals surface area contributed by atoms with Gasteiger partial charge in [0.2, 0.25) is 5.79 Å². The van der Waals surface area contributed by atoms with Gasteiger partial charge in [-0.3, -0.25) is 14.4 Å². The Kier molecular flexibility index (Phi) is 20.4. The Balaban J connectivity index is 1.69. The van der Waals surface area contributed by atoms with Crippen molar-refractivity contribution >= 4 is 23.4 Å². The molecule has 0 radical (unpaired) electrons. The van der Waals surface area contributed by atoms with Crippen LogP contribution in [0.2, 0.25) is 0 Å². The molecular weight excluding hydrogens is 819 g/mol. The average Bonchev–Trinajstić information content (AvgIpc) is 3.26. The number of carbonyl (C=O) groups is 4. The second-order valence-corrected chi connectivity index (χ2v) is 19.6. The third-order valence-corrected chi connectivity index (χ3v) is 14.5. The number of ether oxygens (including phenoxy) is 4. The summed E-state index contributed by atoms with van der Waals surface area (Å²) in [5, 5.41) is 45.0. The lowest BCUT2D eigenvalue weighted by molar-refractivity contribution is -0.265. The number of cyclic esters (lactones) is 1. The number of fused-ring (bicyclic) bond motifs is 3. The first kappa shape index (κ1) is 53.3. The fourth-order valence-electron chi connectivity index (χ4n) is 9.97. The van der Waals surface area contributed by atoms with Crippen molar-refractivity contribution in [1.29, 1.82) is 0 Å². The van der Waals surface area contributed by atoms with Crippen LogP contribution in [-0.2, 0) is 38.1 Å². The molecule has 64 heavy (non-hydrogen) atoms. The van der Waals surface area contributed by atoms with Crippen molar-refractivity contribution in [2.75, 3.05) is 20.8 Å². The summed E-state index contributed by atoms with van der Waals surface area (Å²) in [6, 6.07) is -1.14. The number of hydrogen-bond donors (Lipinski definition) is 4. The summed E-state index contributed by atoms with van der Waals surface area (Å²) in [7, 11) is 3.10. The van der Waals surface area contributed by atoms with Gasteiger partial charge < -0.3 is 44.3 Å². The zero-order valence-electron chi connectivity index (χ0n) is 39.9. The van der Waals surface area contributed by atoms with Crippen molar-refractivity contribution in [2.24, 2.45) is 35.5 Å². The number of allylic oxidation sites excluding steroid dienone is 6. The summed E-state index contributed by atoms with van der Waals surface area (Å²) >= 11 is 0. The van der Waals surface area contributed by atoms with E-state index in [-0.39, 0.29) is 61.4 Å². The number of aliphatic hydroxyl groups excluding tert-OH is 3. The van der Waals surface area contributed by atoms with E-state index in [0.29, 0.717) is 56.1 Å². The fraction of sp³-hybridized carbons (Fsp3) is 0.725. The van der Waals surface area contributed by atoms with Crippen LogP contribution in [0.25, 0.3) is 0 Å². The Bertz CT molecular complexity index is 1740. The summed E-state index contributed by atoms with van der Waals surface area (Å²) in [4.78, 5) is 57.9. The molecule has 0 aromatic heterocycles. The van der Waals surface area contributed by atoms with E-state index >= 15 is 0 Å². The van der Waals surface area contributed by atoms with Gasteiger partial charge in [0, 0.05) is 45.4 Å². The Morgan fingerprint density at radius 2 is 1.61 bits per heavy atom.